The third-order valence-corrected chi connectivity index (χ3v) is 4.83. The van der Waals surface area contributed by atoms with E-state index < -0.39 is 5.54 Å². The van der Waals surface area contributed by atoms with Crippen molar-refractivity contribution in [3.05, 3.63) is 27.7 Å². The maximum atomic E-state index is 12.7. The van der Waals surface area contributed by atoms with Crippen molar-refractivity contribution in [1.29, 1.82) is 0 Å². The Morgan fingerprint density at radius 2 is 2.15 bits per heavy atom. The second kappa shape index (κ2) is 5.74. The van der Waals surface area contributed by atoms with Crippen molar-refractivity contribution in [2.24, 2.45) is 0 Å². The topological polar surface area (TPSA) is 49.4 Å². The summed E-state index contributed by atoms with van der Waals surface area (Å²) in [5, 5.41) is 3.40. The molecule has 0 bridgehead atoms. The summed E-state index contributed by atoms with van der Waals surface area (Å²) in [7, 11) is 0. The number of amides is 2. The summed E-state index contributed by atoms with van der Waals surface area (Å²) < 4.78 is 0.728. The fourth-order valence-electron chi connectivity index (χ4n) is 2.18. The molecule has 2 rings (SSSR count). The standard InChI is InChI=1S/C14H16BrClN2O2/c1-3-14(2)13(20)18(7-6-12(19)17-14)9-4-5-11(16)10(15)8-9/h4-5,8H,3,6-7H2,1-2H3,(H,17,19). The van der Waals surface area contributed by atoms with Gasteiger partial charge < -0.3 is 10.2 Å². The van der Waals surface area contributed by atoms with Gasteiger partial charge in [0.15, 0.2) is 0 Å². The van der Waals surface area contributed by atoms with Crippen LogP contribution in [-0.4, -0.2) is 23.9 Å². The number of benzene rings is 1. The zero-order chi connectivity index (χ0) is 14.9. The highest BCUT2D eigenvalue weighted by Crippen LogP contribution is 2.30. The number of nitrogens with zero attached hydrogens (tertiary/aromatic N) is 1. The number of nitrogens with one attached hydrogen (secondary N) is 1. The van der Waals surface area contributed by atoms with E-state index in [-0.39, 0.29) is 11.8 Å². The number of halogens is 2. The fourth-order valence-corrected chi connectivity index (χ4v) is 2.66. The maximum Gasteiger partial charge on any atom is 0.252 e. The molecule has 2 amide bonds. The molecule has 0 saturated carbocycles. The Morgan fingerprint density at radius 1 is 1.45 bits per heavy atom. The van der Waals surface area contributed by atoms with Gasteiger partial charge in [-0.15, -0.1) is 0 Å². The van der Waals surface area contributed by atoms with Crippen LogP contribution in [0, 0.1) is 0 Å². The Labute approximate surface area is 131 Å². The molecule has 0 radical (unpaired) electrons. The van der Waals surface area contributed by atoms with Crippen LogP contribution >= 0.6 is 27.5 Å². The molecule has 6 heteroatoms. The lowest BCUT2D eigenvalue weighted by molar-refractivity contribution is -0.129. The Morgan fingerprint density at radius 3 is 2.75 bits per heavy atom. The first-order chi connectivity index (χ1) is 9.37. The van der Waals surface area contributed by atoms with Crippen molar-refractivity contribution in [3.63, 3.8) is 0 Å². The zero-order valence-corrected chi connectivity index (χ0v) is 13.7. The smallest absolute Gasteiger partial charge is 0.252 e. The Kier molecular flexibility index (Phi) is 4.39. The predicted molar refractivity (Wildman–Crippen MR) is 83.0 cm³/mol. The van der Waals surface area contributed by atoms with E-state index in [4.69, 9.17) is 11.6 Å². The third kappa shape index (κ3) is 2.83. The molecule has 108 valence electrons. The zero-order valence-electron chi connectivity index (χ0n) is 11.4. The summed E-state index contributed by atoms with van der Waals surface area (Å²) in [6, 6.07) is 5.32. The van der Waals surface area contributed by atoms with Crippen molar-refractivity contribution in [3.8, 4) is 0 Å². The summed E-state index contributed by atoms with van der Waals surface area (Å²) in [6.07, 6.45) is 0.838. The van der Waals surface area contributed by atoms with E-state index in [1.165, 1.54) is 0 Å². The van der Waals surface area contributed by atoms with E-state index in [1.807, 2.05) is 6.92 Å². The second-order valence-corrected chi connectivity index (χ2v) is 6.30. The molecule has 1 fully saturated rings. The maximum absolute atomic E-state index is 12.7. The van der Waals surface area contributed by atoms with Gasteiger partial charge in [-0.2, -0.15) is 0 Å². The first-order valence-corrected chi connectivity index (χ1v) is 7.62. The Bertz CT molecular complexity index is 564. The van der Waals surface area contributed by atoms with Crippen LogP contribution in [0.5, 0.6) is 0 Å². The Balaban J connectivity index is 2.41. The highest BCUT2D eigenvalue weighted by Gasteiger charge is 2.39. The largest absolute Gasteiger partial charge is 0.342 e. The molecular formula is C14H16BrClN2O2. The van der Waals surface area contributed by atoms with E-state index in [0.717, 1.165) is 10.2 Å². The summed E-state index contributed by atoms with van der Waals surface area (Å²) in [4.78, 5) is 26.1. The second-order valence-electron chi connectivity index (χ2n) is 5.04. The summed E-state index contributed by atoms with van der Waals surface area (Å²) in [5.74, 6) is -0.196. The minimum atomic E-state index is -0.861. The van der Waals surface area contributed by atoms with Crippen LogP contribution in [-0.2, 0) is 9.59 Å². The highest BCUT2D eigenvalue weighted by atomic mass is 79.9. The van der Waals surface area contributed by atoms with Crippen molar-refractivity contribution in [2.75, 3.05) is 11.4 Å². The first kappa shape index (κ1) is 15.3. The summed E-state index contributed by atoms with van der Waals surface area (Å²) in [5.41, 5.74) is -0.123. The van der Waals surface area contributed by atoms with Gasteiger partial charge in [0.1, 0.15) is 5.54 Å². The van der Waals surface area contributed by atoms with Gasteiger partial charge in [0.25, 0.3) is 5.91 Å². The number of hydrogen-bond acceptors (Lipinski definition) is 2. The Hall–Kier alpha value is -1.07. The van der Waals surface area contributed by atoms with E-state index in [0.29, 0.717) is 24.4 Å². The van der Waals surface area contributed by atoms with Gasteiger partial charge in [-0.05, 0) is 47.5 Å². The third-order valence-electron chi connectivity index (χ3n) is 3.62. The SMILES string of the molecule is CCC1(C)NC(=O)CCN(c2ccc(Cl)c(Br)c2)C1=O. The first-order valence-electron chi connectivity index (χ1n) is 6.45. The number of carbonyl (C=O) groups is 2. The van der Waals surface area contributed by atoms with E-state index in [2.05, 4.69) is 21.2 Å². The lowest BCUT2D eigenvalue weighted by Crippen LogP contribution is -2.54. The van der Waals surface area contributed by atoms with Crippen molar-refractivity contribution in [2.45, 2.75) is 32.2 Å². The average molecular weight is 360 g/mol. The summed E-state index contributed by atoms with van der Waals surface area (Å²) >= 11 is 9.34. The van der Waals surface area contributed by atoms with Crippen molar-refractivity contribution >= 4 is 45.0 Å². The average Bonchev–Trinajstić information content (AvgIpc) is 2.52. The predicted octanol–water partition coefficient (Wildman–Crippen LogP) is 3.12. The molecule has 1 aliphatic rings. The quantitative estimate of drug-likeness (QED) is 0.882. The van der Waals surface area contributed by atoms with Crippen LogP contribution in [0.4, 0.5) is 5.69 Å². The molecule has 1 heterocycles. The highest BCUT2D eigenvalue weighted by molar-refractivity contribution is 9.10. The van der Waals surface area contributed by atoms with Crippen LogP contribution in [0.3, 0.4) is 0 Å². The fraction of sp³-hybridized carbons (Fsp3) is 0.429. The van der Waals surface area contributed by atoms with Crippen molar-refractivity contribution < 1.29 is 9.59 Å². The minimum Gasteiger partial charge on any atom is -0.342 e. The monoisotopic (exact) mass is 358 g/mol. The molecule has 1 N–H and O–H groups in total. The molecule has 4 nitrogen and oxygen atoms in total. The number of hydrogen-bond donors (Lipinski definition) is 1. The molecule has 1 unspecified atom stereocenters. The molecule has 0 spiro atoms. The molecule has 1 atom stereocenters. The number of anilines is 1. The van der Waals surface area contributed by atoms with E-state index in [1.54, 1.807) is 30.0 Å². The van der Waals surface area contributed by atoms with Crippen LogP contribution in [0.2, 0.25) is 5.02 Å². The normalized spacial score (nSPS) is 23.5. The number of rotatable bonds is 2. The van der Waals surface area contributed by atoms with Gasteiger partial charge in [0.05, 0.1) is 5.02 Å². The van der Waals surface area contributed by atoms with E-state index in [9.17, 15) is 9.59 Å². The lowest BCUT2D eigenvalue weighted by atomic mass is 9.97. The van der Waals surface area contributed by atoms with Crippen LogP contribution in [0.1, 0.15) is 26.7 Å². The molecule has 0 aromatic heterocycles. The van der Waals surface area contributed by atoms with Crippen LogP contribution < -0.4 is 10.2 Å². The van der Waals surface area contributed by atoms with Crippen LogP contribution in [0.15, 0.2) is 22.7 Å². The van der Waals surface area contributed by atoms with Gasteiger partial charge >= 0.3 is 0 Å². The molecule has 1 saturated heterocycles. The van der Waals surface area contributed by atoms with Crippen LogP contribution in [0.25, 0.3) is 0 Å². The molecule has 20 heavy (non-hydrogen) atoms. The van der Waals surface area contributed by atoms with Gasteiger partial charge in [-0.3, -0.25) is 9.59 Å². The van der Waals surface area contributed by atoms with E-state index >= 15 is 0 Å². The molecule has 1 aromatic rings. The molecule has 1 aromatic carbocycles. The van der Waals surface area contributed by atoms with Crippen molar-refractivity contribution in [1.82, 2.24) is 5.32 Å². The summed E-state index contributed by atoms with van der Waals surface area (Å²) in [6.45, 7) is 4.02. The minimum absolute atomic E-state index is 0.0972. The molecular weight excluding hydrogens is 344 g/mol. The van der Waals surface area contributed by atoms with Gasteiger partial charge in [0.2, 0.25) is 5.91 Å². The van der Waals surface area contributed by atoms with Gasteiger partial charge in [-0.25, -0.2) is 0 Å². The number of carbonyl (C=O) groups excluding carboxylic acids is 2. The van der Waals surface area contributed by atoms with Gasteiger partial charge in [-0.1, -0.05) is 18.5 Å². The molecule has 0 aliphatic carbocycles. The molecule has 1 aliphatic heterocycles. The lowest BCUT2D eigenvalue weighted by Gasteiger charge is -2.31. The van der Waals surface area contributed by atoms with Gasteiger partial charge in [0, 0.05) is 23.1 Å².